The average Bonchev–Trinajstić information content (AvgIpc) is 3.36. The highest BCUT2D eigenvalue weighted by Crippen LogP contribution is 2.42. The number of anilines is 2. The Morgan fingerprint density at radius 1 is 1.03 bits per heavy atom. The highest BCUT2D eigenvalue weighted by Gasteiger charge is 2.54. The van der Waals surface area contributed by atoms with Crippen molar-refractivity contribution in [1.29, 1.82) is 0 Å². The lowest BCUT2D eigenvalue weighted by atomic mass is 9.75. The maximum absolute atomic E-state index is 12.9. The Morgan fingerprint density at radius 3 is 2.31 bits per heavy atom. The van der Waals surface area contributed by atoms with Gasteiger partial charge in [-0.15, -0.1) is 5.10 Å². The molecule has 0 saturated carbocycles. The van der Waals surface area contributed by atoms with Crippen molar-refractivity contribution in [2.45, 2.75) is 43.7 Å². The van der Waals surface area contributed by atoms with E-state index in [2.05, 4.69) is 38.5 Å². The van der Waals surface area contributed by atoms with E-state index in [4.69, 9.17) is 0 Å². The minimum absolute atomic E-state index is 0.0632. The first-order valence-corrected chi connectivity index (χ1v) is 11.9. The van der Waals surface area contributed by atoms with Crippen LogP contribution in [0.1, 0.15) is 35.1 Å². The van der Waals surface area contributed by atoms with Crippen LogP contribution in [0.15, 0.2) is 11.2 Å². The van der Waals surface area contributed by atoms with Gasteiger partial charge in [0.25, 0.3) is 15.2 Å². The molecule has 1 spiro atoms. The van der Waals surface area contributed by atoms with Crippen molar-refractivity contribution in [3.63, 3.8) is 0 Å². The summed E-state index contributed by atoms with van der Waals surface area (Å²) in [6.07, 6.45) is 6.71. The van der Waals surface area contributed by atoms with E-state index in [0.29, 0.717) is 19.0 Å². The topological polar surface area (TPSA) is 94.2 Å². The minimum Gasteiger partial charge on any atom is -0.322 e. The van der Waals surface area contributed by atoms with Crippen LogP contribution >= 0.6 is 0 Å². The molecule has 0 bridgehead atoms. The molecule has 6 rings (SSSR count). The molecule has 2 saturated heterocycles. The second kappa shape index (κ2) is 6.02. The van der Waals surface area contributed by atoms with Crippen molar-refractivity contribution in [2.75, 3.05) is 38.5 Å². The quantitative estimate of drug-likeness (QED) is 0.787. The average molecular weight is 415 g/mol. The van der Waals surface area contributed by atoms with Crippen molar-refractivity contribution < 1.29 is 8.42 Å². The zero-order chi connectivity index (χ0) is 19.8. The highest BCUT2D eigenvalue weighted by atomic mass is 32.2. The smallest absolute Gasteiger partial charge is 0.278 e. The first-order valence-electron chi connectivity index (χ1n) is 10.5. The Bertz CT molecular complexity index is 1060. The molecule has 2 aliphatic carbocycles. The molecule has 8 nitrogen and oxygen atoms in total. The molecule has 3 heterocycles. The van der Waals surface area contributed by atoms with Crippen LogP contribution in [0.5, 0.6) is 0 Å². The Balaban J connectivity index is 1.25. The summed E-state index contributed by atoms with van der Waals surface area (Å²) in [5.41, 5.74) is 6.84. The van der Waals surface area contributed by atoms with Crippen LogP contribution in [0.25, 0.3) is 0 Å². The Morgan fingerprint density at radius 2 is 1.69 bits per heavy atom. The minimum atomic E-state index is -3.62. The number of likely N-dealkylation sites (tertiary alicyclic amines) is 1. The van der Waals surface area contributed by atoms with E-state index in [0.717, 1.165) is 44.5 Å². The van der Waals surface area contributed by atoms with Crippen LogP contribution in [0, 0.1) is 5.41 Å². The van der Waals surface area contributed by atoms with Gasteiger partial charge in [0.2, 0.25) is 5.95 Å². The van der Waals surface area contributed by atoms with Gasteiger partial charge in [-0.05, 0) is 67.8 Å². The van der Waals surface area contributed by atoms with Gasteiger partial charge in [-0.2, -0.15) is 9.29 Å². The zero-order valence-corrected chi connectivity index (χ0v) is 17.5. The third-order valence-electron chi connectivity index (χ3n) is 6.99. The predicted molar refractivity (Wildman–Crippen MR) is 109 cm³/mol. The third-order valence-corrected chi connectivity index (χ3v) is 8.60. The number of H-pyrrole nitrogens is 1. The van der Waals surface area contributed by atoms with Crippen molar-refractivity contribution in [3.8, 4) is 0 Å². The summed E-state index contributed by atoms with van der Waals surface area (Å²) >= 11 is 0. The van der Waals surface area contributed by atoms with Gasteiger partial charge in [0, 0.05) is 37.3 Å². The summed E-state index contributed by atoms with van der Waals surface area (Å²) in [7, 11) is -1.55. The lowest BCUT2D eigenvalue weighted by Gasteiger charge is -2.58. The Hall–Kier alpha value is -1.97. The molecule has 4 aliphatic rings. The molecule has 0 amide bonds. The SMILES string of the molecule is CN1CC2(C1)CN(S(=O)(=O)c1nc(Nc3c4c(cc5c3CCC5)CCC4)n[nH]1)C2. The van der Waals surface area contributed by atoms with Crippen LogP contribution in [0.4, 0.5) is 11.6 Å². The maximum atomic E-state index is 12.9. The molecule has 2 N–H and O–H groups in total. The number of nitrogens with zero attached hydrogens (tertiary/aromatic N) is 4. The molecule has 2 aliphatic heterocycles. The van der Waals surface area contributed by atoms with Crippen LogP contribution in [-0.4, -0.2) is 66.0 Å². The standard InChI is InChI=1S/C20H26N6O2S/c1-25-9-20(10-25)11-26(12-20)29(27,28)19-22-18(23-24-19)21-17-15-6-2-4-13(15)8-14-5-3-7-16(14)17/h8H,2-7,9-12H2,1H3,(H2,21,22,23,24). The molecule has 0 atom stereocenters. The summed E-state index contributed by atoms with van der Waals surface area (Å²) in [5, 5.41) is 10.2. The van der Waals surface area contributed by atoms with Crippen molar-refractivity contribution >= 4 is 21.7 Å². The summed E-state index contributed by atoms with van der Waals surface area (Å²) in [6.45, 7) is 3.07. The predicted octanol–water partition coefficient (Wildman–Crippen LogP) is 1.46. The highest BCUT2D eigenvalue weighted by molar-refractivity contribution is 7.89. The number of aromatic amines is 1. The van der Waals surface area contributed by atoms with Gasteiger partial charge in [-0.3, -0.25) is 0 Å². The molecule has 9 heteroatoms. The van der Waals surface area contributed by atoms with Gasteiger partial charge in [0.05, 0.1) is 0 Å². The molecule has 2 fully saturated rings. The van der Waals surface area contributed by atoms with E-state index >= 15 is 0 Å². The maximum Gasteiger partial charge on any atom is 0.278 e. The number of hydrogen-bond donors (Lipinski definition) is 2. The van der Waals surface area contributed by atoms with Crippen LogP contribution in [0.2, 0.25) is 0 Å². The monoisotopic (exact) mass is 414 g/mol. The number of benzene rings is 1. The largest absolute Gasteiger partial charge is 0.322 e. The first kappa shape index (κ1) is 17.9. The van der Waals surface area contributed by atoms with E-state index < -0.39 is 10.0 Å². The van der Waals surface area contributed by atoms with E-state index in [1.165, 1.54) is 39.4 Å². The molecule has 2 aromatic rings. The van der Waals surface area contributed by atoms with E-state index in [1.54, 1.807) is 0 Å². The number of hydrogen-bond acceptors (Lipinski definition) is 6. The fourth-order valence-electron chi connectivity index (χ4n) is 5.79. The van der Waals surface area contributed by atoms with Gasteiger partial charge in [-0.1, -0.05) is 6.07 Å². The number of sulfonamides is 1. The molecule has 29 heavy (non-hydrogen) atoms. The molecule has 0 unspecified atom stereocenters. The number of nitrogens with one attached hydrogen (secondary N) is 2. The third kappa shape index (κ3) is 2.67. The fourth-order valence-corrected chi connectivity index (χ4v) is 7.29. The number of aryl methyl sites for hydroxylation is 2. The van der Waals surface area contributed by atoms with Crippen molar-refractivity contribution in [1.82, 2.24) is 24.4 Å². The lowest BCUT2D eigenvalue weighted by Crippen LogP contribution is -2.71. The van der Waals surface area contributed by atoms with Crippen LogP contribution < -0.4 is 5.32 Å². The van der Waals surface area contributed by atoms with Gasteiger partial charge < -0.3 is 10.2 Å². The molecule has 154 valence electrons. The van der Waals surface area contributed by atoms with Gasteiger partial charge in [0.1, 0.15) is 0 Å². The summed E-state index contributed by atoms with van der Waals surface area (Å²) < 4.78 is 27.3. The molecule has 1 aromatic carbocycles. The van der Waals surface area contributed by atoms with Crippen molar-refractivity contribution in [2.24, 2.45) is 5.41 Å². The number of rotatable bonds is 4. The van der Waals surface area contributed by atoms with Crippen molar-refractivity contribution in [3.05, 3.63) is 28.3 Å². The first-order chi connectivity index (χ1) is 13.9. The number of aromatic nitrogens is 3. The second-order valence-electron chi connectivity index (χ2n) is 9.27. The summed E-state index contributed by atoms with van der Waals surface area (Å²) in [6, 6.07) is 2.38. The van der Waals surface area contributed by atoms with Gasteiger partial charge in [-0.25, -0.2) is 13.5 Å². The van der Waals surface area contributed by atoms with E-state index in [-0.39, 0.29) is 10.6 Å². The van der Waals surface area contributed by atoms with Gasteiger partial charge >= 0.3 is 0 Å². The molecular formula is C20H26N6O2S. The fraction of sp³-hybridized carbons (Fsp3) is 0.600. The van der Waals surface area contributed by atoms with E-state index in [9.17, 15) is 8.42 Å². The molecule has 1 aromatic heterocycles. The lowest BCUT2D eigenvalue weighted by molar-refractivity contribution is -0.0674. The summed E-state index contributed by atoms with van der Waals surface area (Å²) in [4.78, 5) is 6.54. The Kier molecular flexibility index (Phi) is 3.71. The molecular weight excluding hydrogens is 388 g/mol. The summed E-state index contributed by atoms with van der Waals surface area (Å²) in [5.74, 6) is 0.344. The van der Waals surface area contributed by atoms with Crippen LogP contribution in [0.3, 0.4) is 0 Å². The van der Waals surface area contributed by atoms with Gasteiger partial charge in [0.15, 0.2) is 0 Å². The second-order valence-corrected chi connectivity index (χ2v) is 11.1. The number of fused-ring (bicyclic) bond motifs is 2. The zero-order valence-electron chi connectivity index (χ0n) is 16.7. The Labute approximate surface area is 170 Å². The normalized spacial score (nSPS) is 22.9. The van der Waals surface area contributed by atoms with E-state index in [1.807, 2.05) is 0 Å². The molecule has 0 radical (unpaired) electrons. The van der Waals surface area contributed by atoms with Crippen LogP contribution in [-0.2, 0) is 35.7 Å².